The van der Waals surface area contributed by atoms with Gasteiger partial charge < -0.3 is 14.8 Å². The lowest BCUT2D eigenvalue weighted by Gasteiger charge is -2.14. The van der Waals surface area contributed by atoms with E-state index in [0.717, 1.165) is 20.8 Å². The van der Waals surface area contributed by atoms with Gasteiger partial charge in [-0.05, 0) is 60.7 Å². The highest BCUT2D eigenvalue weighted by Crippen LogP contribution is 2.34. The minimum absolute atomic E-state index is 0.127. The molecule has 0 unspecified atom stereocenters. The molecule has 4 aromatic rings. The van der Waals surface area contributed by atoms with Gasteiger partial charge in [0.25, 0.3) is 5.91 Å². The summed E-state index contributed by atoms with van der Waals surface area (Å²) >= 11 is 13.1. The van der Waals surface area contributed by atoms with Crippen molar-refractivity contribution in [1.29, 1.82) is 0 Å². The second-order valence-electron chi connectivity index (χ2n) is 6.66. The van der Waals surface area contributed by atoms with Crippen LogP contribution in [-0.4, -0.2) is 30.2 Å². The molecule has 9 heteroatoms. The van der Waals surface area contributed by atoms with E-state index in [1.54, 1.807) is 30.6 Å². The van der Waals surface area contributed by atoms with Crippen molar-refractivity contribution >= 4 is 62.1 Å². The van der Waals surface area contributed by atoms with Gasteiger partial charge in [-0.15, -0.1) is 11.3 Å². The summed E-state index contributed by atoms with van der Waals surface area (Å²) in [6.45, 7) is 0. The number of aromatic nitrogens is 1. The van der Waals surface area contributed by atoms with Crippen LogP contribution < -0.4 is 20.1 Å². The first-order chi connectivity index (χ1) is 15.5. The molecule has 0 fully saturated rings. The second-order valence-corrected chi connectivity index (χ2v) is 8.51. The summed E-state index contributed by atoms with van der Waals surface area (Å²) < 4.78 is 11.7. The largest absolute Gasteiger partial charge is 0.495 e. The topological polar surface area (TPSA) is 72.5 Å². The summed E-state index contributed by atoms with van der Waals surface area (Å²) in [5, 5.41) is 7.03. The fourth-order valence-electron chi connectivity index (χ4n) is 3.07. The van der Waals surface area contributed by atoms with Crippen molar-refractivity contribution in [3.63, 3.8) is 0 Å². The molecule has 3 aromatic carbocycles. The van der Waals surface area contributed by atoms with Crippen LogP contribution >= 0.6 is 35.2 Å². The zero-order valence-corrected chi connectivity index (χ0v) is 19.5. The molecule has 32 heavy (non-hydrogen) atoms. The van der Waals surface area contributed by atoms with Crippen molar-refractivity contribution in [1.82, 2.24) is 10.3 Å². The average molecular weight is 484 g/mol. The van der Waals surface area contributed by atoms with Crippen LogP contribution in [0.4, 0.5) is 5.69 Å². The molecule has 0 aliphatic rings. The Hall–Kier alpha value is -3.20. The third-order valence-electron chi connectivity index (χ3n) is 4.63. The van der Waals surface area contributed by atoms with Gasteiger partial charge in [0, 0.05) is 11.1 Å². The van der Waals surface area contributed by atoms with Crippen molar-refractivity contribution in [2.45, 2.75) is 0 Å². The summed E-state index contributed by atoms with van der Waals surface area (Å²) in [6.07, 6.45) is 0. The molecule has 0 spiro atoms. The predicted octanol–water partition coefficient (Wildman–Crippen LogP) is 5.76. The first-order valence-corrected chi connectivity index (χ1v) is 11.1. The summed E-state index contributed by atoms with van der Waals surface area (Å²) in [7, 11) is 3.08. The molecular weight excluding hydrogens is 466 g/mol. The maximum absolute atomic E-state index is 12.6. The fraction of sp³-hybridized carbons (Fsp3) is 0.0870. The quantitative estimate of drug-likeness (QED) is 0.351. The van der Waals surface area contributed by atoms with Crippen LogP contribution in [0.15, 0.2) is 60.7 Å². The van der Waals surface area contributed by atoms with E-state index >= 15 is 0 Å². The third kappa shape index (κ3) is 4.67. The SMILES string of the molecule is COc1ccc(C(=O)NC(=S)Nc2cc(-c3nc4ccccc4s3)ccc2OC)cc1Cl. The van der Waals surface area contributed by atoms with Crippen molar-refractivity contribution in [2.75, 3.05) is 19.5 Å². The normalized spacial score (nSPS) is 10.6. The molecule has 1 aromatic heterocycles. The Morgan fingerprint density at radius 2 is 1.78 bits per heavy atom. The van der Waals surface area contributed by atoms with E-state index in [1.165, 1.54) is 13.2 Å². The Kier molecular flexibility index (Phi) is 6.55. The summed E-state index contributed by atoms with van der Waals surface area (Å²) in [5.41, 5.74) is 2.82. The first-order valence-electron chi connectivity index (χ1n) is 9.48. The molecule has 1 heterocycles. The maximum atomic E-state index is 12.6. The van der Waals surface area contributed by atoms with Gasteiger partial charge in [0.05, 0.1) is 35.1 Å². The number of thiocarbonyl (C=S) groups is 1. The number of nitrogens with one attached hydrogen (secondary N) is 2. The number of benzene rings is 3. The molecule has 4 rings (SSSR count). The Morgan fingerprint density at radius 3 is 2.50 bits per heavy atom. The Balaban J connectivity index is 1.53. The number of hydrogen-bond acceptors (Lipinski definition) is 6. The van der Waals surface area contributed by atoms with Crippen molar-refractivity contribution in [2.24, 2.45) is 0 Å². The van der Waals surface area contributed by atoms with Gasteiger partial charge in [-0.1, -0.05) is 23.7 Å². The molecule has 0 radical (unpaired) electrons. The van der Waals surface area contributed by atoms with Crippen LogP contribution in [0.25, 0.3) is 20.8 Å². The lowest BCUT2D eigenvalue weighted by atomic mass is 10.2. The van der Waals surface area contributed by atoms with E-state index in [0.29, 0.717) is 27.8 Å². The number of fused-ring (bicyclic) bond motifs is 1. The molecular formula is C23H18ClN3O3S2. The van der Waals surface area contributed by atoms with Crippen LogP contribution in [0.3, 0.4) is 0 Å². The first kappa shape index (κ1) is 22.0. The van der Waals surface area contributed by atoms with Gasteiger partial charge in [-0.25, -0.2) is 4.98 Å². The maximum Gasteiger partial charge on any atom is 0.257 e. The number of carbonyl (C=O) groups is 1. The smallest absolute Gasteiger partial charge is 0.257 e. The van der Waals surface area contributed by atoms with E-state index in [2.05, 4.69) is 10.6 Å². The summed E-state index contributed by atoms with van der Waals surface area (Å²) in [5.74, 6) is 0.674. The Labute approximate surface area is 199 Å². The fourth-order valence-corrected chi connectivity index (χ4v) is 4.49. The Morgan fingerprint density at radius 1 is 1.03 bits per heavy atom. The van der Waals surface area contributed by atoms with E-state index in [9.17, 15) is 4.79 Å². The average Bonchev–Trinajstić information content (AvgIpc) is 3.23. The number of para-hydroxylation sites is 1. The van der Waals surface area contributed by atoms with Crippen molar-refractivity contribution < 1.29 is 14.3 Å². The number of amides is 1. The molecule has 0 saturated heterocycles. The standard InChI is InChI=1S/C23H18ClN3O3S2/c1-29-18-9-7-13(11-15(18)24)21(28)27-23(31)26-17-12-14(8-10-19(17)30-2)22-25-16-5-3-4-6-20(16)32-22/h3-12H,1-2H3,(H2,26,27,28,31). The van der Waals surface area contributed by atoms with Crippen LogP contribution in [-0.2, 0) is 0 Å². The van der Waals surface area contributed by atoms with Crippen LogP contribution in [0.2, 0.25) is 5.02 Å². The Bertz CT molecular complexity index is 1290. The zero-order chi connectivity index (χ0) is 22.7. The van der Waals surface area contributed by atoms with E-state index in [1.807, 2.05) is 42.5 Å². The number of rotatable bonds is 5. The molecule has 162 valence electrons. The lowest BCUT2D eigenvalue weighted by Crippen LogP contribution is -2.34. The van der Waals surface area contributed by atoms with Gasteiger partial charge in [0.1, 0.15) is 16.5 Å². The zero-order valence-electron chi connectivity index (χ0n) is 17.1. The molecule has 0 aliphatic carbocycles. The van der Waals surface area contributed by atoms with Crippen molar-refractivity contribution in [3.8, 4) is 22.1 Å². The molecule has 0 bridgehead atoms. The van der Waals surface area contributed by atoms with E-state index in [-0.39, 0.29) is 5.11 Å². The number of carbonyl (C=O) groups excluding carboxylic acids is 1. The second kappa shape index (κ2) is 9.52. The molecule has 6 nitrogen and oxygen atoms in total. The number of hydrogen-bond donors (Lipinski definition) is 2. The number of halogens is 1. The summed E-state index contributed by atoms with van der Waals surface area (Å²) in [6, 6.07) is 18.4. The van der Waals surface area contributed by atoms with E-state index < -0.39 is 5.91 Å². The highest BCUT2D eigenvalue weighted by atomic mass is 35.5. The van der Waals surface area contributed by atoms with Crippen LogP contribution in [0.1, 0.15) is 10.4 Å². The van der Waals surface area contributed by atoms with E-state index in [4.69, 9.17) is 38.3 Å². The number of thiazole rings is 1. The highest BCUT2D eigenvalue weighted by molar-refractivity contribution is 7.80. The number of anilines is 1. The van der Waals surface area contributed by atoms with Crippen LogP contribution in [0, 0.1) is 0 Å². The molecule has 1 amide bonds. The summed E-state index contributed by atoms with van der Waals surface area (Å²) in [4.78, 5) is 17.3. The number of nitrogens with zero attached hydrogens (tertiary/aromatic N) is 1. The van der Waals surface area contributed by atoms with Crippen LogP contribution in [0.5, 0.6) is 11.5 Å². The molecule has 0 atom stereocenters. The third-order valence-corrected chi connectivity index (χ3v) is 6.21. The van der Waals surface area contributed by atoms with Gasteiger partial charge in [0.2, 0.25) is 0 Å². The number of methoxy groups -OCH3 is 2. The van der Waals surface area contributed by atoms with Gasteiger partial charge in [-0.2, -0.15) is 0 Å². The monoisotopic (exact) mass is 483 g/mol. The molecule has 2 N–H and O–H groups in total. The number of ether oxygens (including phenoxy) is 2. The molecule has 0 aliphatic heterocycles. The van der Waals surface area contributed by atoms with Gasteiger partial charge in [0.15, 0.2) is 5.11 Å². The van der Waals surface area contributed by atoms with Gasteiger partial charge in [-0.3, -0.25) is 10.1 Å². The van der Waals surface area contributed by atoms with Crippen molar-refractivity contribution in [3.05, 3.63) is 71.2 Å². The molecule has 0 saturated carbocycles. The highest BCUT2D eigenvalue weighted by Gasteiger charge is 2.14. The predicted molar refractivity (Wildman–Crippen MR) is 133 cm³/mol. The minimum atomic E-state index is -0.395. The van der Waals surface area contributed by atoms with Gasteiger partial charge >= 0.3 is 0 Å². The minimum Gasteiger partial charge on any atom is -0.495 e. The lowest BCUT2D eigenvalue weighted by molar-refractivity contribution is 0.0977.